The van der Waals surface area contributed by atoms with Crippen molar-refractivity contribution in [2.24, 2.45) is 5.10 Å². The lowest BCUT2D eigenvalue weighted by molar-refractivity contribution is 0.0954. The van der Waals surface area contributed by atoms with Crippen LogP contribution in [-0.4, -0.2) is 25.8 Å². The summed E-state index contributed by atoms with van der Waals surface area (Å²) >= 11 is 0. The summed E-state index contributed by atoms with van der Waals surface area (Å²) < 4.78 is 10.4. The van der Waals surface area contributed by atoms with E-state index in [9.17, 15) is 4.79 Å². The lowest BCUT2D eigenvalue weighted by Gasteiger charge is -2.18. The molecule has 0 unspecified atom stereocenters. The number of hydrogen-bond acceptors (Lipinski definition) is 4. The minimum Gasteiger partial charge on any atom is -0.497 e. The number of hydrazone groups is 1. The number of hydrogen-bond donors (Lipinski definition) is 1. The zero-order chi connectivity index (χ0) is 16.9. The molecule has 0 atom stereocenters. The molecular formula is C19H20N2O3. The van der Waals surface area contributed by atoms with Gasteiger partial charge >= 0.3 is 0 Å². The first kappa shape index (κ1) is 16.1. The maximum Gasteiger partial charge on any atom is 0.271 e. The monoisotopic (exact) mass is 324 g/mol. The molecule has 0 heterocycles. The van der Waals surface area contributed by atoms with Gasteiger partial charge in [0.05, 0.1) is 19.9 Å². The summed E-state index contributed by atoms with van der Waals surface area (Å²) in [7, 11) is 3.26. The van der Waals surface area contributed by atoms with Crippen LogP contribution in [0.25, 0.3) is 0 Å². The molecule has 124 valence electrons. The summed E-state index contributed by atoms with van der Waals surface area (Å²) in [6.45, 7) is 0. The molecule has 0 bridgehead atoms. The maximum absolute atomic E-state index is 12.2. The van der Waals surface area contributed by atoms with E-state index in [0.29, 0.717) is 11.3 Å². The molecule has 1 aliphatic carbocycles. The fourth-order valence-electron chi connectivity index (χ4n) is 2.81. The van der Waals surface area contributed by atoms with Gasteiger partial charge in [-0.3, -0.25) is 4.79 Å². The highest BCUT2D eigenvalue weighted by Crippen LogP contribution is 2.25. The van der Waals surface area contributed by atoms with Crippen LogP contribution in [0.5, 0.6) is 11.5 Å². The zero-order valence-electron chi connectivity index (χ0n) is 13.8. The molecule has 5 nitrogen and oxygen atoms in total. The minimum atomic E-state index is -0.231. The summed E-state index contributed by atoms with van der Waals surface area (Å²) in [5, 5.41) is 4.34. The van der Waals surface area contributed by atoms with Crippen LogP contribution in [0.15, 0.2) is 47.6 Å². The molecule has 1 N–H and O–H groups in total. The lowest BCUT2D eigenvalue weighted by atomic mass is 9.90. The third kappa shape index (κ3) is 3.40. The quantitative estimate of drug-likeness (QED) is 0.879. The Labute approximate surface area is 141 Å². The fourth-order valence-corrected chi connectivity index (χ4v) is 2.81. The third-order valence-electron chi connectivity index (χ3n) is 4.13. The van der Waals surface area contributed by atoms with Gasteiger partial charge in [0, 0.05) is 11.1 Å². The number of nitrogens with zero attached hydrogens (tertiary/aromatic N) is 1. The van der Waals surface area contributed by atoms with E-state index in [0.717, 1.165) is 36.3 Å². The van der Waals surface area contributed by atoms with Crippen molar-refractivity contribution in [3.8, 4) is 11.5 Å². The SMILES string of the molecule is COc1ccc(C(=O)N/N=C2/CCCc3cc(OC)ccc32)cc1. The van der Waals surface area contributed by atoms with Crippen molar-refractivity contribution in [1.82, 2.24) is 5.43 Å². The van der Waals surface area contributed by atoms with Gasteiger partial charge in [-0.15, -0.1) is 0 Å². The zero-order valence-corrected chi connectivity index (χ0v) is 13.8. The number of carbonyl (C=O) groups is 1. The standard InChI is InChI=1S/C19H20N2O3/c1-23-15-8-6-13(7-9-15)19(22)21-20-18-5-3-4-14-12-16(24-2)10-11-17(14)18/h6-12H,3-5H2,1-2H3,(H,21,22)/b20-18-. The van der Waals surface area contributed by atoms with E-state index < -0.39 is 0 Å². The van der Waals surface area contributed by atoms with Crippen molar-refractivity contribution in [1.29, 1.82) is 0 Å². The smallest absolute Gasteiger partial charge is 0.271 e. The van der Waals surface area contributed by atoms with E-state index >= 15 is 0 Å². The summed E-state index contributed by atoms with van der Waals surface area (Å²) in [5.74, 6) is 1.33. The first-order valence-electron chi connectivity index (χ1n) is 7.89. The Morgan fingerprint density at radius 3 is 2.42 bits per heavy atom. The Balaban J connectivity index is 1.76. The molecule has 1 amide bonds. The molecule has 24 heavy (non-hydrogen) atoms. The molecule has 0 radical (unpaired) electrons. The van der Waals surface area contributed by atoms with Crippen LogP contribution in [0.2, 0.25) is 0 Å². The fraction of sp³-hybridized carbons (Fsp3) is 0.263. The average molecular weight is 324 g/mol. The molecule has 3 rings (SSSR count). The predicted molar refractivity (Wildman–Crippen MR) is 92.9 cm³/mol. The maximum atomic E-state index is 12.2. The van der Waals surface area contributed by atoms with Gasteiger partial charge in [-0.1, -0.05) is 0 Å². The van der Waals surface area contributed by atoms with E-state index in [1.807, 2.05) is 18.2 Å². The number of benzene rings is 2. The number of nitrogens with one attached hydrogen (secondary N) is 1. The Morgan fingerprint density at radius 2 is 1.71 bits per heavy atom. The molecule has 2 aromatic rings. The highest BCUT2D eigenvalue weighted by Gasteiger charge is 2.17. The van der Waals surface area contributed by atoms with Crippen LogP contribution < -0.4 is 14.9 Å². The summed E-state index contributed by atoms with van der Waals surface area (Å²) in [5.41, 5.74) is 6.39. The average Bonchev–Trinajstić information content (AvgIpc) is 2.65. The lowest BCUT2D eigenvalue weighted by Crippen LogP contribution is -2.22. The minimum absolute atomic E-state index is 0.231. The van der Waals surface area contributed by atoms with Gasteiger partial charge in [0.25, 0.3) is 5.91 Å². The summed E-state index contributed by atoms with van der Waals surface area (Å²) in [6, 6.07) is 12.9. The van der Waals surface area contributed by atoms with Crippen molar-refractivity contribution in [3.05, 3.63) is 59.2 Å². The van der Waals surface area contributed by atoms with E-state index in [1.165, 1.54) is 5.56 Å². The van der Waals surface area contributed by atoms with Crippen molar-refractivity contribution in [2.75, 3.05) is 14.2 Å². The second kappa shape index (κ2) is 7.17. The van der Waals surface area contributed by atoms with Crippen LogP contribution in [0.1, 0.15) is 34.3 Å². The molecule has 0 aromatic heterocycles. The largest absolute Gasteiger partial charge is 0.497 e. The molecule has 0 saturated carbocycles. The molecule has 5 heteroatoms. The number of rotatable bonds is 4. The number of ether oxygens (including phenoxy) is 2. The molecule has 0 spiro atoms. The topological polar surface area (TPSA) is 59.9 Å². The predicted octanol–water partition coefficient (Wildman–Crippen LogP) is 3.17. The van der Waals surface area contributed by atoms with Crippen molar-refractivity contribution < 1.29 is 14.3 Å². The Kier molecular flexibility index (Phi) is 4.79. The second-order valence-electron chi connectivity index (χ2n) is 5.60. The number of amides is 1. The number of fused-ring (bicyclic) bond motifs is 1. The van der Waals surface area contributed by atoms with Gasteiger partial charge in [-0.25, -0.2) is 5.43 Å². The van der Waals surface area contributed by atoms with Gasteiger partial charge < -0.3 is 9.47 Å². The van der Waals surface area contributed by atoms with Gasteiger partial charge in [-0.2, -0.15) is 5.10 Å². The van der Waals surface area contributed by atoms with Crippen molar-refractivity contribution in [2.45, 2.75) is 19.3 Å². The summed E-state index contributed by atoms with van der Waals surface area (Å²) in [4.78, 5) is 12.2. The number of methoxy groups -OCH3 is 2. The van der Waals surface area contributed by atoms with Crippen LogP contribution in [0.3, 0.4) is 0 Å². The van der Waals surface area contributed by atoms with Crippen LogP contribution in [-0.2, 0) is 6.42 Å². The highest BCUT2D eigenvalue weighted by molar-refractivity contribution is 6.04. The first-order valence-corrected chi connectivity index (χ1v) is 7.89. The van der Waals surface area contributed by atoms with Crippen molar-refractivity contribution >= 4 is 11.6 Å². The third-order valence-corrected chi connectivity index (χ3v) is 4.13. The Bertz CT molecular complexity index is 767. The van der Waals surface area contributed by atoms with Gasteiger partial charge in [0.2, 0.25) is 0 Å². The van der Waals surface area contributed by atoms with Crippen LogP contribution >= 0.6 is 0 Å². The van der Waals surface area contributed by atoms with Crippen LogP contribution in [0, 0.1) is 0 Å². The van der Waals surface area contributed by atoms with Gasteiger partial charge in [-0.05, 0) is 67.3 Å². The normalized spacial score (nSPS) is 14.8. The highest BCUT2D eigenvalue weighted by atomic mass is 16.5. The molecule has 1 aliphatic rings. The molecule has 0 saturated heterocycles. The van der Waals surface area contributed by atoms with Gasteiger partial charge in [0.1, 0.15) is 11.5 Å². The van der Waals surface area contributed by atoms with E-state index in [1.54, 1.807) is 38.5 Å². The van der Waals surface area contributed by atoms with E-state index in [-0.39, 0.29) is 5.91 Å². The van der Waals surface area contributed by atoms with Crippen LogP contribution in [0.4, 0.5) is 0 Å². The van der Waals surface area contributed by atoms with Crippen molar-refractivity contribution in [3.63, 3.8) is 0 Å². The van der Waals surface area contributed by atoms with Gasteiger partial charge in [0.15, 0.2) is 0 Å². The second-order valence-corrected chi connectivity index (χ2v) is 5.60. The molecular weight excluding hydrogens is 304 g/mol. The first-order chi connectivity index (χ1) is 11.7. The number of carbonyl (C=O) groups excluding carboxylic acids is 1. The van der Waals surface area contributed by atoms with E-state index in [2.05, 4.69) is 10.5 Å². The Hall–Kier alpha value is -2.82. The Morgan fingerprint density at radius 1 is 1.00 bits per heavy atom. The van der Waals surface area contributed by atoms with E-state index in [4.69, 9.17) is 9.47 Å². The molecule has 2 aromatic carbocycles. The number of aryl methyl sites for hydroxylation is 1. The molecule has 0 fully saturated rings. The molecule has 0 aliphatic heterocycles. The summed E-state index contributed by atoms with van der Waals surface area (Å²) in [6.07, 6.45) is 2.86.